The van der Waals surface area contributed by atoms with Gasteiger partial charge in [0.25, 0.3) is 0 Å². The quantitative estimate of drug-likeness (QED) is 0.459. The van der Waals surface area contributed by atoms with Crippen molar-refractivity contribution in [2.45, 2.75) is 13.3 Å². The van der Waals surface area contributed by atoms with Gasteiger partial charge in [0.15, 0.2) is 29.1 Å². The molecule has 0 spiro atoms. The average Bonchev–Trinajstić information content (AvgIpc) is 2.85. The maximum Gasteiger partial charge on any atom is 0.172 e. The van der Waals surface area contributed by atoms with Gasteiger partial charge in [-0.3, -0.25) is 4.79 Å². The number of hydrogen-bond donors (Lipinski definition) is 0. The number of hydrogen-bond acceptors (Lipinski definition) is 2. The number of ketones is 1. The summed E-state index contributed by atoms with van der Waals surface area (Å²) in [6, 6.07) is 2.81. The van der Waals surface area contributed by atoms with Crippen molar-refractivity contribution in [1.82, 2.24) is 0 Å². The predicted molar refractivity (Wildman–Crippen MR) is 64.2 cm³/mol. The van der Waals surface area contributed by atoms with Gasteiger partial charge in [0.1, 0.15) is 0 Å². The van der Waals surface area contributed by atoms with Gasteiger partial charge in [0, 0.05) is 17.4 Å². The minimum atomic E-state index is -1.47. The molecule has 0 saturated carbocycles. The number of rotatable bonds is 3. The fourth-order valence-electron chi connectivity index (χ4n) is 1.59. The van der Waals surface area contributed by atoms with E-state index in [-0.39, 0.29) is 23.1 Å². The first-order chi connectivity index (χ1) is 8.95. The van der Waals surface area contributed by atoms with E-state index in [0.717, 1.165) is 11.3 Å². The third kappa shape index (κ3) is 2.40. The van der Waals surface area contributed by atoms with Crippen molar-refractivity contribution in [3.8, 4) is 10.4 Å². The number of Topliss-reactive ketones (excluding diaryl/α,β-unsaturated/α-hetero) is 1. The molecular formula is C13H8F4OS. The summed E-state index contributed by atoms with van der Waals surface area (Å²) in [6.07, 6.45) is 0.239. The van der Waals surface area contributed by atoms with Gasteiger partial charge in [0.2, 0.25) is 0 Å². The Morgan fingerprint density at radius 1 is 1.11 bits per heavy atom. The number of carbonyl (C=O) groups excluding carboxylic acids is 1. The van der Waals surface area contributed by atoms with Gasteiger partial charge >= 0.3 is 0 Å². The van der Waals surface area contributed by atoms with Crippen LogP contribution in [-0.2, 0) is 0 Å². The third-order valence-electron chi connectivity index (χ3n) is 2.56. The first kappa shape index (κ1) is 13.7. The second-order valence-electron chi connectivity index (χ2n) is 3.78. The highest BCUT2D eigenvalue weighted by molar-refractivity contribution is 7.17. The molecule has 0 atom stereocenters. The Hall–Kier alpha value is -1.69. The Bertz CT molecular complexity index is 622. The van der Waals surface area contributed by atoms with Crippen molar-refractivity contribution in [3.63, 3.8) is 0 Å². The van der Waals surface area contributed by atoms with Crippen molar-refractivity contribution in [2.75, 3.05) is 0 Å². The molecule has 0 aliphatic carbocycles. The lowest BCUT2D eigenvalue weighted by Crippen LogP contribution is -1.97. The molecule has 0 aliphatic rings. The van der Waals surface area contributed by atoms with E-state index in [4.69, 9.17) is 0 Å². The van der Waals surface area contributed by atoms with E-state index in [1.54, 1.807) is 6.92 Å². The molecule has 19 heavy (non-hydrogen) atoms. The van der Waals surface area contributed by atoms with Crippen LogP contribution in [-0.4, -0.2) is 5.78 Å². The van der Waals surface area contributed by atoms with Gasteiger partial charge in [-0.15, -0.1) is 11.3 Å². The van der Waals surface area contributed by atoms with E-state index in [0.29, 0.717) is 4.88 Å². The van der Waals surface area contributed by atoms with Gasteiger partial charge in [-0.05, 0) is 12.1 Å². The van der Waals surface area contributed by atoms with Crippen LogP contribution in [0.3, 0.4) is 0 Å². The van der Waals surface area contributed by atoms with Crippen LogP contribution in [0.4, 0.5) is 17.6 Å². The Labute approximate surface area is 110 Å². The molecule has 0 amide bonds. The normalized spacial score (nSPS) is 10.8. The van der Waals surface area contributed by atoms with Gasteiger partial charge < -0.3 is 0 Å². The molecule has 0 unspecified atom stereocenters. The Kier molecular flexibility index (Phi) is 3.71. The lowest BCUT2D eigenvalue weighted by atomic mass is 10.1. The number of halogens is 4. The highest BCUT2D eigenvalue weighted by Crippen LogP contribution is 2.34. The van der Waals surface area contributed by atoms with Crippen molar-refractivity contribution in [1.29, 1.82) is 0 Å². The maximum atomic E-state index is 13.6. The standard InChI is InChI=1S/C13H8F4OS/c1-2-8(18)9-3-4-10(19-9)11-12(16)6(14)5-7(15)13(11)17/h3-5H,2H2,1H3. The van der Waals surface area contributed by atoms with Crippen LogP contribution in [0, 0.1) is 23.3 Å². The molecule has 0 aliphatic heterocycles. The van der Waals surface area contributed by atoms with Crippen molar-refractivity contribution in [2.24, 2.45) is 0 Å². The van der Waals surface area contributed by atoms with E-state index >= 15 is 0 Å². The van der Waals surface area contributed by atoms with Gasteiger partial charge in [-0.25, -0.2) is 17.6 Å². The highest BCUT2D eigenvalue weighted by Gasteiger charge is 2.22. The SMILES string of the molecule is CCC(=O)c1ccc(-c2c(F)c(F)cc(F)c2F)s1. The first-order valence-electron chi connectivity index (χ1n) is 5.42. The van der Waals surface area contributed by atoms with Crippen LogP contribution < -0.4 is 0 Å². The summed E-state index contributed by atoms with van der Waals surface area (Å²) in [4.78, 5) is 11.7. The lowest BCUT2D eigenvalue weighted by Gasteiger charge is -2.04. The zero-order valence-electron chi connectivity index (χ0n) is 9.77. The molecule has 100 valence electrons. The van der Waals surface area contributed by atoms with E-state index in [1.807, 2.05) is 0 Å². The third-order valence-corrected chi connectivity index (χ3v) is 3.70. The monoisotopic (exact) mass is 288 g/mol. The second kappa shape index (κ2) is 5.13. The smallest absolute Gasteiger partial charge is 0.172 e. The van der Waals surface area contributed by atoms with Gasteiger partial charge in [0.05, 0.1) is 10.4 Å². The lowest BCUT2D eigenvalue weighted by molar-refractivity contribution is 0.0992. The largest absolute Gasteiger partial charge is 0.293 e. The van der Waals surface area contributed by atoms with Crippen molar-refractivity contribution in [3.05, 3.63) is 46.3 Å². The summed E-state index contributed by atoms with van der Waals surface area (Å²) >= 11 is 0.802. The van der Waals surface area contributed by atoms with Crippen LogP contribution in [0.25, 0.3) is 10.4 Å². The fraction of sp³-hybridized carbons (Fsp3) is 0.154. The van der Waals surface area contributed by atoms with E-state index in [9.17, 15) is 22.4 Å². The van der Waals surface area contributed by atoms with Gasteiger partial charge in [-0.1, -0.05) is 6.92 Å². The number of carbonyl (C=O) groups is 1. The zero-order chi connectivity index (χ0) is 14.2. The maximum absolute atomic E-state index is 13.6. The topological polar surface area (TPSA) is 17.1 Å². The van der Waals surface area contributed by atoms with Crippen LogP contribution in [0.1, 0.15) is 23.0 Å². The molecule has 0 fully saturated rings. The fourth-order valence-corrected chi connectivity index (χ4v) is 2.63. The number of thiophene rings is 1. The Morgan fingerprint density at radius 3 is 2.21 bits per heavy atom. The van der Waals surface area contributed by atoms with E-state index in [2.05, 4.69) is 0 Å². The van der Waals surface area contributed by atoms with Crippen LogP contribution >= 0.6 is 11.3 Å². The molecule has 0 saturated heterocycles. The van der Waals surface area contributed by atoms with E-state index < -0.39 is 28.8 Å². The molecule has 6 heteroatoms. The molecule has 2 rings (SSSR count). The molecule has 1 nitrogen and oxygen atoms in total. The van der Waals surface area contributed by atoms with Crippen LogP contribution in [0.5, 0.6) is 0 Å². The first-order valence-corrected chi connectivity index (χ1v) is 6.23. The molecule has 0 N–H and O–H groups in total. The zero-order valence-corrected chi connectivity index (χ0v) is 10.6. The summed E-state index contributed by atoms with van der Waals surface area (Å²) in [5.41, 5.74) is -0.780. The predicted octanol–water partition coefficient (Wildman–Crippen LogP) is 4.56. The minimum Gasteiger partial charge on any atom is -0.293 e. The average molecular weight is 288 g/mol. The van der Waals surface area contributed by atoms with E-state index in [1.165, 1.54) is 12.1 Å². The Balaban J connectivity index is 2.59. The summed E-state index contributed by atoms with van der Waals surface area (Å²) in [5, 5.41) is 0. The van der Waals surface area contributed by atoms with Crippen LogP contribution in [0.15, 0.2) is 18.2 Å². The molecule has 2 aromatic rings. The highest BCUT2D eigenvalue weighted by atomic mass is 32.1. The molecule has 1 aromatic heterocycles. The minimum absolute atomic E-state index is 0.0230. The Morgan fingerprint density at radius 2 is 1.68 bits per heavy atom. The summed E-state index contributed by atoms with van der Waals surface area (Å²) in [7, 11) is 0. The van der Waals surface area contributed by atoms with Crippen molar-refractivity contribution < 1.29 is 22.4 Å². The van der Waals surface area contributed by atoms with Crippen LogP contribution in [0.2, 0.25) is 0 Å². The molecule has 1 aromatic carbocycles. The summed E-state index contributed by atoms with van der Waals surface area (Å²) in [5.74, 6) is -6.06. The summed E-state index contributed by atoms with van der Waals surface area (Å²) < 4.78 is 53.3. The molecule has 0 radical (unpaired) electrons. The second-order valence-corrected chi connectivity index (χ2v) is 4.87. The molecular weight excluding hydrogens is 280 g/mol. The van der Waals surface area contributed by atoms with Crippen molar-refractivity contribution >= 4 is 17.1 Å². The molecule has 0 bridgehead atoms. The molecule has 1 heterocycles. The summed E-state index contributed by atoms with van der Waals surface area (Å²) in [6.45, 7) is 1.64. The number of benzene rings is 1. The van der Waals surface area contributed by atoms with Gasteiger partial charge in [-0.2, -0.15) is 0 Å².